The second-order valence-electron chi connectivity index (χ2n) is 9.64. The number of hydrogen-bond donors (Lipinski definition) is 3. The smallest absolute Gasteiger partial charge is 0.407 e. The first kappa shape index (κ1) is 23.8. The molecule has 2 aliphatic carbocycles. The lowest BCUT2D eigenvalue weighted by Crippen LogP contribution is -2.51. The second kappa shape index (κ2) is 10.3. The van der Waals surface area contributed by atoms with Gasteiger partial charge in [0.05, 0.1) is 5.92 Å². The topological polar surface area (TPSA) is 105 Å². The fourth-order valence-electron chi connectivity index (χ4n) is 5.20. The molecular formula is C27H32N2O5. The Bertz CT molecular complexity index is 1020. The van der Waals surface area contributed by atoms with Crippen LogP contribution in [0.4, 0.5) is 4.79 Å². The van der Waals surface area contributed by atoms with Gasteiger partial charge in [-0.25, -0.2) is 4.79 Å². The lowest BCUT2D eigenvalue weighted by molar-refractivity contribution is -0.142. The van der Waals surface area contributed by atoms with Crippen LogP contribution >= 0.6 is 0 Å². The number of ether oxygens (including phenoxy) is 1. The highest BCUT2D eigenvalue weighted by atomic mass is 16.5. The third kappa shape index (κ3) is 5.08. The van der Waals surface area contributed by atoms with Crippen LogP contribution in [0.2, 0.25) is 0 Å². The van der Waals surface area contributed by atoms with Crippen LogP contribution in [0, 0.1) is 11.8 Å². The number of nitrogens with one attached hydrogen (secondary N) is 2. The van der Waals surface area contributed by atoms with Gasteiger partial charge in [-0.2, -0.15) is 0 Å². The standard InChI is InChI=1S/C27H32N2O5/c1-16(2)14-24(25(30)28-23-13-7-12-21(23)26(31)32)29-27(33)34-15-22-19-10-5-3-8-17(19)18-9-4-6-11-20(18)22/h3-6,8-11,16,21-24H,7,12-15H2,1-2H3,(H,28,30)(H,29,33)(H,31,32). The van der Waals surface area contributed by atoms with Crippen LogP contribution in [0.3, 0.4) is 0 Å². The molecule has 2 aliphatic rings. The van der Waals surface area contributed by atoms with Crippen molar-refractivity contribution in [2.45, 2.75) is 57.5 Å². The number of fused-ring (bicyclic) bond motifs is 3. The maximum absolute atomic E-state index is 13.0. The van der Waals surface area contributed by atoms with E-state index in [0.717, 1.165) is 28.7 Å². The van der Waals surface area contributed by atoms with E-state index in [9.17, 15) is 19.5 Å². The minimum Gasteiger partial charge on any atom is -0.481 e. The molecule has 1 saturated carbocycles. The Morgan fingerprint density at radius 3 is 2.21 bits per heavy atom. The minimum absolute atomic E-state index is 0.0645. The zero-order valence-corrected chi connectivity index (χ0v) is 19.6. The molecule has 34 heavy (non-hydrogen) atoms. The van der Waals surface area contributed by atoms with Gasteiger partial charge in [-0.05, 0) is 47.4 Å². The molecule has 0 aromatic heterocycles. The van der Waals surface area contributed by atoms with E-state index >= 15 is 0 Å². The Balaban J connectivity index is 1.40. The summed E-state index contributed by atoms with van der Waals surface area (Å²) in [6.45, 7) is 4.10. The molecule has 0 aliphatic heterocycles. The average Bonchev–Trinajstić information content (AvgIpc) is 3.39. The Morgan fingerprint density at radius 1 is 1.00 bits per heavy atom. The number of benzene rings is 2. The lowest BCUT2D eigenvalue weighted by atomic mass is 9.98. The first-order chi connectivity index (χ1) is 16.3. The van der Waals surface area contributed by atoms with Crippen molar-refractivity contribution in [1.29, 1.82) is 0 Å². The Hall–Kier alpha value is -3.35. The van der Waals surface area contributed by atoms with Gasteiger partial charge in [-0.1, -0.05) is 68.8 Å². The zero-order valence-electron chi connectivity index (χ0n) is 19.6. The van der Waals surface area contributed by atoms with E-state index in [-0.39, 0.29) is 24.3 Å². The number of carbonyl (C=O) groups excluding carboxylic acids is 2. The third-order valence-electron chi connectivity index (χ3n) is 6.82. The number of carboxylic acids is 1. The maximum atomic E-state index is 13.0. The fraction of sp³-hybridized carbons (Fsp3) is 0.444. The molecule has 0 radical (unpaired) electrons. The first-order valence-corrected chi connectivity index (χ1v) is 12.0. The lowest BCUT2D eigenvalue weighted by Gasteiger charge is -2.24. The first-order valence-electron chi connectivity index (χ1n) is 12.0. The predicted molar refractivity (Wildman–Crippen MR) is 128 cm³/mol. The van der Waals surface area contributed by atoms with Gasteiger partial charge in [0.1, 0.15) is 12.6 Å². The Morgan fingerprint density at radius 2 is 1.62 bits per heavy atom. The summed E-state index contributed by atoms with van der Waals surface area (Å²) in [7, 11) is 0. The quantitative estimate of drug-likeness (QED) is 0.540. The largest absolute Gasteiger partial charge is 0.481 e. The van der Waals surface area contributed by atoms with Crippen LogP contribution < -0.4 is 10.6 Å². The molecule has 2 aromatic rings. The fourth-order valence-corrected chi connectivity index (χ4v) is 5.20. The van der Waals surface area contributed by atoms with Crippen LogP contribution in [-0.2, 0) is 14.3 Å². The van der Waals surface area contributed by atoms with Crippen LogP contribution in [0.15, 0.2) is 48.5 Å². The highest BCUT2D eigenvalue weighted by molar-refractivity contribution is 5.86. The van der Waals surface area contributed by atoms with Gasteiger partial charge >= 0.3 is 12.1 Å². The van der Waals surface area contributed by atoms with Gasteiger partial charge < -0.3 is 20.5 Å². The number of aliphatic carboxylic acids is 1. The van der Waals surface area contributed by atoms with E-state index in [4.69, 9.17) is 4.74 Å². The maximum Gasteiger partial charge on any atom is 0.407 e. The molecule has 0 spiro atoms. The van der Waals surface area contributed by atoms with E-state index in [1.165, 1.54) is 0 Å². The van der Waals surface area contributed by atoms with E-state index in [2.05, 4.69) is 34.9 Å². The molecule has 2 amide bonds. The molecule has 1 fully saturated rings. The normalized spacial score (nSPS) is 19.9. The van der Waals surface area contributed by atoms with E-state index in [0.29, 0.717) is 19.3 Å². The molecule has 3 atom stereocenters. The SMILES string of the molecule is CC(C)CC(NC(=O)OCC1c2ccccc2-c2ccccc21)C(=O)NC1CCCC1C(=O)O. The average molecular weight is 465 g/mol. The highest BCUT2D eigenvalue weighted by Crippen LogP contribution is 2.44. The Labute approximate surface area is 199 Å². The van der Waals surface area contributed by atoms with E-state index < -0.39 is 30.1 Å². The number of carbonyl (C=O) groups is 3. The number of amides is 2. The predicted octanol–water partition coefficient (Wildman–Crippen LogP) is 4.31. The molecule has 7 nitrogen and oxygen atoms in total. The summed E-state index contributed by atoms with van der Waals surface area (Å²) >= 11 is 0. The monoisotopic (exact) mass is 464 g/mol. The van der Waals surface area contributed by atoms with Crippen molar-refractivity contribution < 1.29 is 24.2 Å². The van der Waals surface area contributed by atoms with Crippen LogP contribution in [0.1, 0.15) is 56.6 Å². The van der Waals surface area contributed by atoms with Gasteiger partial charge in [-0.15, -0.1) is 0 Å². The van der Waals surface area contributed by atoms with E-state index in [1.807, 2.05) is 38.1 Å². The van der Waals surface area contributed by atoms with Gasteiger partial charge in [-0.3, -0.25) is 9.59 Å². The molecule has 4 rings (SSSR count). The van der Waals surface area contributed by atoms with Crippen LogP contribution in [-0.4, -0.2) is 41.8 Å². The second-order valence-corrected chi connectivity index (χ2v) is 9.64. The third-order valence-corrected chi connectivity index (χ3v) is 6.82. The van der Waals surface area contributed by atoms with Crippen LogP contribution in [0.25, 0.3) is 11.1 Å². The molecular weight excluding hydrogens is 432 g/mol. The van der Waals surface area contributed by atoms with Crippen molar-refractivity contribution in [2.24, 2.45) is 11.8 Å². The molecule has 0 bridgehead atoms. The molecule has 3 unspecified atom stereocenters. The molecule has 3 N–H and O–H groups in total. The Kier molecular flexibility index (Phi) is 7.20. The molecule has 7 heteroatoms. The summed E-state index contributed by atoms with van der Waals surface area (Å²) in [5.41, 5.74) is 4.53. The summed E-state index contributed by atoms with van der Waals surface area (Å²) < 4.78 is 5.61. The number of rotatable bonds is 8. The number of carboxylic acid groups (broad SMARTS) is 1. The number of hydrogen-bond acceptors (Lipinski definition) is 4. The van der Waals surface area contributed by atoms with Gasteiger partial charge in [0.15, 0.2) is 0 Å². The summed E-state index contributed by atoms with van der Waals surface area (Å²) in [6, 6.07) is 15.0. The van der Waals surface area contributed by atoms with Gasteiger partial charge in [0, 0.05) is 12.0 Å². The molecule has 2 aromatic carbocycles. The van der Waals surface area contributed by atoms with Crippen molar-refractivity contribution >= 4 is 18.0 Å². The summed E-state index contributed by atoms with van der Waals surface area (Å²) in [4.78, 5) is 37.1. The van der Waals surface area contributed by atoms with Crippen molar-refractivity contribution in [3.63, 3.8) is 0 Å². The minimum atomic E-state index is -0.896. The zero-order chi connectivity index (χ0) is 24.2. The highest BCUT2D eigenvalue weighted by Gasteiger charge is 2.36. The summed E-state index contributed by atoms with van der Waals surface area (Å²) in [5, 5.41) is 15.0. The van der Waals surface area contributed by atoms with E-state index in [1.54, 1.807) is 0 Å². The van der Waals surface area contributed by atoms with Gasteiger partial charge in [0.2, 0.25) is 5.91 Å². The molecule has 0 saturated heterocycles. The van der Waals surface area contributed by atoms with Crippen LogP contribution in [0.5, 0.6) is 0 Å². The number of alkyl carbamates (subject to hydrolysis) is 1. The van der Waals surface area contributed by atoms with Crippen molar-refractivity contribution in [2.75, 3.05) is 6.61 Å². The molecule has 180 valence electrons. The molecule has 0 heterocycles. The van der Waals surface area contributed by atoms with Crippen molar-refractivity contribution in [1.82, 2.24) is 10.6 Å². The van der Waals surface area contributed by atoms with Crippen molar-refractivity contribution in [3.8, 4) is 11.1 Å². The summed E-state index contributed by atoms with van der Waals surface area (Å²) in [5.74, 6) is -1.75. The van der Waals surface area contributed by atoms with Gasteiger partial charge in [0.25, 0.3) is 0 Å². The summed E-state index contributed by atoms with van der Waals surface area (Å²) in [6.07, 6.45) is 1.72. The van der Waals surface area contributed by atoms with Crippen molar-refractivity contribution in [3.05, 3.63) is 59.7 Å².